The van der Waals surface area contributed by atoms with Gasteiger partial charge in [-0.15, -0.1) is 0 Å². The zero-order valence-corrected chi connectivity index (χ0v) is 9.30. The maximum absolute atomic E-state index is 11.9. The van der Waals surface area contributed by atoms with E-state index in [0.717, 1.165) is 13.1 Å². The summed E-state index contributed by atoms with van der Waals surface area (Å²) in [5, 5.41) is 4.20. The maximum atomic E-state index is 11.9. The van der Waals surface area contributed by atoms with Crippen LogP contribution >= 0.6 is 0 Å². The van der Waals surface area contributed by atoms with Crippen LogP contribution in [0, 0.1) is 0 Å². The van der Waals surface area contributed by atoms with Gasteiger partial charge in [-0.25, -0.2) is 5.01 Å². The molecule has 84 valence electrons. The predicted octanol–water partition coefficient (Wildman–Crippen LogP) is 1.80. The fraction of sp³-hybridized carbons (Fsp3) is 0.462. The zero-order chi connectivity index (χ0) is 11.0. The molecule has 0 spiro atoms. The van der Waals surface area contributed by atoms with Gasteiger partial charge in [-0.1, -0.05) is 30.3 Å². The van der Waals surface area contributed by atoms with E-state index in [1.54, 1.807) is 0 Å². The summed E-state index contributed by atoms with van der Waals surface area (Å²) in [5.41, 5.74) is 1.21. The molecule has 0 saturated carbocycles. The molecule has 3 nitrogen and oxygen atoms in total. The van der Waals surface area contributed by atoms with E-state index in [1.165, 1.54) is 18.4 Å². The van der Waals surface area contributed by atoms with Gasteiger partial charge in [0.2, 0.25) is 5.91 Å². The van der Waals surface area contributed by atoms with Crippen molar-refractivity contribution in [2.45, 2.75) is 31.8 Å². The molecule has 1 amide bonds. The topological polar surface area (TPSA) is 23.6 Å². The highest BCUT2D eigenvalue weighted by atomic mass is 16.2. The fourth-order valence-corrected chi connectivity index (χ4v) is 2.73. The van der Waals surface area contributed by atoms with Gasteiger partial charge in [0.15, 0.2) is 0 Å². The molecule has 0 aromatic heterocycles. The van der Waals surface area contributed by atoms with Gasteiger partial charge in [-0.2, -0.15) is 0 Å². The molecule has 2 saturated heterocycles. The van der Waals surface area contributed by atoms with E-state index >= 15 is 0 Å². The van der Waals surface area contributed by atoms with Crippen molar-refractivity contribution in [1.82, 2.24) is 10.0 Å². The number of hydrogen-bond donors (Lipinski definition) is 0. The van der Waals surface area contributed by atoms with Crippen molar-refractivity contribution < 1.29 is 4.79 Å². The van der Waals surface area contributed by atoms with Crippen LogP contribution in [-0.2, 0) is 11.3 Å². The Kier molecular flexibility index (Phi) is 2.40. The summed E-state index contributed by atoms with van der Waals surface area (Å²) in [6, 6.07) is 10.7. The number of hydrazine groups is 1. The number of fused-ring (bicyclic) bond motifs is 1. The van der Waals surface area contributed by atoms with Crippen LogP contribution in [0.15, 0.2) is 30.3 Å². The summed E-state index contributed by atoms with van der Waals surface area (Å²) in [6.07, 6.45) is 3.12. The van der Waals surface area contributed by atoms with E-state index < -0.39 is 0 Å². The summed E-state index contributed by atoms with van der Waals surface area (Å²) in [6.45, 7) is 1.78. The molecule has 3 rings (SSSR count). The number of rotatable bonds is 2. The molecule has 2 heterocycles. The highest BCUT2D eigenvalue weighted by Gasteiger charge is 2.40. The second-order valence-corrected chi connectivity index (χ2v) is 4.60. The predicted molar refractivity (Wildman–Crippen MR) is 61.3 cm³/mol. The fourth-order valence-electron chi connectivity index (χ4n) is 2.73. The molecule has 1 aromatic rings. The average Bonchev–Trinajstić information content (AvgIpc) is 2.84. The van der Waals surface area contributed by atoms with Crippen molar-refractivity contribution >= 4 is 5.91 Å². The lowest BCUT2D eigenvalue weighted by Crippen LogP contribution is -2.39. The standard InChI is InChI=1S/C13H16N2O/c16-13-9-12-7-4-8-14(12)15(13)10-11-5-2-1-3-6-11/h1-3,5-6,12H,4,7-10H2. The van der Waals surface area contributed by atoms with Gasteiger partial charge >= 0.3 is 0 Å². The van der Waals surface area contributed by atoms with Gasteiger partial charge in [0.1, 0.15) is 0 Å². The Hall–Kier alpha value is -1.35. The molecule has 0 bridgehead atoms. The van der Waals surface area contributed by atoms with Gasteiger partial charge < -0.3 is 0 Å². The normalized spacial score (nSPS) is 25.1. The molecule has 2 aliphatic rings. The van der Waals surface area contributed by atoms with E-state index in [-0.39, 0.29) is 5.91 Å². The smallest absolute Gasteiger partial charge is 0.238 e. The van der Waals surface area contributed by atoms with Crippen LogP contribution in [0.2, 0.25) is 0 Å². The van der Waals surface area contributed by atoms with E-state index in [1.807, 2.05) is 23.2 Å². The molecule has 1 atom stereocenters. The first-order valence-electron chi connectivity index (χ1n) is 5.95. The lowest BCUT2D eigenvalue weighted by molar-refractivity contribution is -0.139. The first-order chi connectivity index (χ1) is 7.84. The SMILES string of the molecule is O=C1CC2CCCN2N1Cc1ccccc1. The lowest BCUT2D eigenvalue weighted by Gasteiger charge is -2.27. The number of nitrogens with zero attached hydrogens (tertiary/aromatic N) is 2. The Morgan fingerprint density at radius 2 is 2.06 bits per heavy atom. The second-order valence-electron chi connectivity index (χ2n) is 4.60. The molecule has 16 heavy (non-hydrogen) atoms. The number of amides is 1. The first kappa shape index (κ1) is 9.85. The van der Waals surface area contributed by atoms with Gasteiger partial charge in [-0.3, -0.25) is 9.80 Å². The van der Waals surface area contributed by atoms with Crippen molar-refractivity contribution in [3.8, 4) is 0 Å². The zero-order valence-electron chi connectivity index (χ0n) is 9.30. The minimum atomic E-state index is 0.286. The van der Waals surface area contributed by atoms with Gasteiger partial charge in [0.05, 0.1) is 6.54 Å². The average molecular weight is 216 g/mol. The number of hydrogen-bond acceptors (Lipinski definition) is 2. The summed E-state index contributed by atoms with van der Waals surface area (Å²) >= 11 is 0. The Morgan fingerprint density at radius 1 is 1.25 bits per heavy atom. The largest absolute Gasteiger partial charge is 0.273 e. The van der Waals surface area contributed by atoms with Gasteiger partial charge in [0, 0.05) is 19.0 Å². The quantitative estimate of drug-likeness (QED) is 0.752. The van der Waals surface area contributed by atoms with Crippen LogP contribution in [0.4, 0.5) is 0 Å². The Morgan fingerprint density at radius 3 is 2.88 bits per heavy atom. The van der Waals surface area contributed by atoms with E-state index in [9.17, 15) is 4.79 Å². The van der Waals surface area contributed by atoms with Crippen LogP contribution < -0.4 is 0 Å². The number of carbonyl (C=O) groups excluding carboxylic acids is 1. The highest BCUT2D eigenvalue weighted by molar-refractivity contribution is 5.78. The van der Waals surface area contributed by atoms with Crippen LogP contribution in [0.1, 0.15) is 24.8 Å². The second kappa shape index (κ2) is 3.91. The van der Waals surface area contributed by atoms with Crippen LogP contribution in [0.25, 0.3) is 0 Å². The van der Waals surface area contributed by atoms with E-state index in [2.05, 4.69) is 17.1 Å². The summed E-state index contributed by atoms with van der Waals surface area (Å²) < 4.78 is 0. The van der Waals surface area contributed by atoms with Gasteiger partial charge in [-0.05, 0) is 18.4 Å². The highest BCUT2D eigenvalue weighted by Crippen LogP contribution is 2.30. The molecule has 2 aliphatic heterocycles. The third-order valence-electron chi connectivity index (χ3n) is 3.53. The maximum Gasteiger partial charge on any atom is 0.238 e. The van der Waals surface area contributed by atoms with Gasteiger partial charge in [0.25, 0.3) is 0 Å². The molecule has 3 heteroatoms. The van der Waals surface area contributed by atoms with Crippen molar-refractivity contribution in [1.29, 1.82) is 0 Å². The van der Waals surface area contributed by atoms with Crippen molar-refractivity contribution in [2.24, 2.45) is 0 Å². The van der Waals surface area contributed by atoms with E-state index in [4.69, 9.17) is 0 Å². The lowest BCUT2D eigenvalue weighted by atomic mass is 10.2. The monoisotopic (exact) mass is 216 g/mol. The van der Waals surface area contributed by atoms with Crippen LogP contribution in [-0.4, -0.2) is 28.5 Å². The Labute approximate surface area is 95.6 Å². The van der Waals surface area contributed by atoms with Crippen molar-refractivity contribution in [2.75, 3.05) is 6.54 Å². The number of benzene rings is 1. The minimum Gasteiger partial charge on any atom is -0.273 e. The molecular weight excluding hydrogens is 200 g/mol. The molecule has 0 radical (unpaired) electrons. The van der Waals surface area contributed by atoms with E-state index in [0.29, 0.717) is 12.5 Å². The van der Waals surface area contributed by atoms with Crippen LogP contribution in [0.3, 0.4) is 0 Å². The molecule has 1 aromatic carbocycles. The van der Waals surface area contributed by atoms with Crippen molar-refractivity contribution in [3.63, 3.8) is 0 Å². The number of carbonyl (C=O) groups is 1. The Bertz CT molecular complexity index is 390. The summed E-state index contributed by atoms with van der Waals surface area (Å²) in [7, 11) is 0. The minimum absolute atomic E-state index is 0.286. The summed E-state index contributed by atoms with van der Waals surface area (Å²) in [4.78, 5) is 11.9. The molecular formula is C13H16N2O. The molecule has 0 N–H and O–H groups in total. The molecule has 2 fully saturated rings. The molecule has 1 unspecified atom stereocenters. The third kappa shape index (κ3) is 1.61. The summed E-state index contributed by atoms with van der Waals surface area (Å²) in [5.74, 6) is 0.286. The van der Waals surface area contributed by atoms with Crippen LogP contribution in [0.5, 0.6) is 0 Å². The third-order valence-corrected chi connectivity index (χ3v) is 3.53. The molecule has 0 aliphatic carbocycles. The van der Waals surface area contributed by atoms with Crippen molar-refractivity contribution in [3.05, 3.63) is 35.9 Å². The first-order valence-corrected chi connectivity index (χ1v) is 5.95. The Balaban J connectivity index is 1.77.